The van der Waals surface area contributed by atoms with Crippen LogP contribution >= 0.6 is 23.2 Å². The lowest BCUT2D eigenvalue weighted by molar-refractivity contribution is 0.0733. The summed E-state index contributed by atoms with van der Waals surface area (Å²) < 4.78 is 5.46. The van der Waals surface area contributed by atoms with Gasteiger partial charge in [-0.1, -0.05) is 23.2 Å². The first-order valence-electron chi connectivity index (χ1n) is 8.96. The van der Waals surface area contributed by atoms with Crippen molar-refractivity contribution in [3.05, 3.63) is 50.9 Å². The van der Waals surface area contributed by atoms with Crippen LogP contribution in [0.1, 0.15) is 27.4 Å². The molecule has 0 unspecified atom stereocenters. The molecule has 1 amide bonds. The zero-order chi connectivity index (χ0) is 19.0. The molecule has 0 bridgehead atoms. The summed E-state index contributed by atoms with van der Waals surface area (Å²) in [4.78, 5) is 26.3. The molecule has 0 aliphatic carbocycles. The van der Waals surface area contributed by atoms with Gasteiger partial charge in [0.15, 0.2) is 0 Å². The van der Waals surface area contributed by atoms with Crippen molar-refractivity contribution in [2.75, 3.05) is 37.7 Å². The number of hydrogen-bond donors (Lipinski definition) is 0. The van der Waals surface area contributed by atoms with E-state index in [1.807, 2.05) is 11.8 Å². The zero-order valence-electron chi connectivity index (χ0n) is 15.0. The lowest BCUT2D eigenvalue weighted by Crippen LogP contribution is -2.41. The Bertz CT molecular complexity index is 884. The lowest BCUT2D eigenvalue weighted by Gasteiger charge is -2.34. The average Bonchev–Trinajstić information content (AvgIpc) is 2.69. The predicted octanol–water partition coefficient (Wildman–Crippen LogP) is 3.13. The van der Waals surface area contributed by atoms with Gasteiger partial charge in [-0.25, -0.2) is 9.97 Å². The molecule has 4 rings (SSSR count). The zero-order valence-corrected chi connectivity index (χ0v) is 16.6. The quantitative estimate of drug-likeness (QED) is 0.766. The van der Waals surface area contributed by atoms with Gasteiger partial charge in [0.2, 0.25) is 0 Å². The number of carbonyl (C=O) groups is 1. The fraction of sp³-hybridized carbons (Fsp3) is 0.421. The predicted molar refractivity (Wildman–Crippen MR) is 105 cm³/mol. The molecule has 2 aliphatic heterocycles. The van der Waals surface area contributed by atoms with E-state index in [9.17, 15) is 4.79 Å². The Morgan fingerprint density at radius 1 is 1.11 bits per heavy atom. The Balaban J connectivity index is 1.63. The highest BCUT2D eigenvalue weighted by Gasteiger charge is 2.28. The van der Waals surface area contributed by atoms with Crippen LogP contribution in [0, 0.1) is 6.92 Å². The third-order valence-electron chi connectivity index (χ3n) is 4.91. The standard InChI is InChI=1S/C19H20Cl2N4O2/c1-12-22-17-4-5-25(19(26)13-2-3-15(20)16(21)10-13)11-14(17)18(23-12)24-6-8-27-9-7-24/h2-3,10H,4-9,11H2,1H3. The van der Waals surface area contributed by atoms with Crippen LogP contribution in [0.25, 0.3) is 0 Å². The van der Waals surface area contributed by atoms with Gasteiger partial charge in [-0.2, -0.15) is 0 Å². The van der Waals surface area contributed by atoms with Crippen molar-refractivity contribution in [1.29, 1.82) is 0 Å². The summed E-state index contributed by atoms with van der Waals surface area (Å²) in [5.74, 6) is 1.62. The van der Waals surface area contributed by atoms with Crippen LogP contribution in [-0.2, 0) is 17.7 Å². The average molecular weight is 407 g/mol. The Kier molecular flexibility index (Phi) is 5.21. The fourth-order valence-corrected chi connectivity index (χ4v) is 3.84. The summed E-state index contributed by atoms with van der Waals surface area (Å²) in [6.07, 6.45) is 0.711. The van der Waals surface area contributed by atoms with Crippen LogP contribution in [0.15, 0.2) is 18.2 Å². The van der Waals surface area contributed by atoms with Gasteiger partial charge >= 0.3 is 0 Å². The molecule has 0 spiro atoms. The highest BCUT2D eigenvalue weighted by molar-refractivity contribution is 6.42. The second-order valence-electron chi connectivity index (χ2n) is 6.72. The number of aryl methyl sites for hydroxylation is 1. The molecular weight excluding hydrogens is 387 g/mol. The van der Waals surface area contributed by atoms with E-state index in [0.717, 1.165) is 36.0 Å². The van der Waals surface area contributed by atoms with Crippen molar-refractivity contribution in [2.45, 2.75) is 19.9 Å². The van der Waals surface area contributed by atoms with Crippen molar-refractivity contribution in [3.63, 3.8) is 0 Å². The van der Waals surface area contributed by atoms with E-state index in [0.29, 0.717) is 48.3 Å². The Hall–Kier alpha value is -1.89. The molecule has 3 heterocycles. The minimum atomic E-state index is -0.0623. The maximum absolute atomic E-state index is 13.0. The number of morpholine rings is 1. The molecule has 2 aromatic rings. The second kappa shape index (κ2) is 7.62. The smallest absolute Gasteiger partial charge is 0.254 e. The number of fused-ring (bicyclic) bond motifs is 1. The minimum Gasteiger partial charge on any atom is -0.378 e. The minimum absolute atomic E-state index is 0.0623. The van der Waals surface area contributed by atoms with E-state index in [2.05, 4.69) is 14.9 Å². The van der Waals surface area contributed by atoms with Crippen LogP contribution in [-0.4, -0.2) is 53.6 Å². The summed E-state index contributed by atoms with van der Waals surface area (Å²) in [6, 6.07) is 4.98. The molecule has 27 heavy (non-hydrogen) atoms. The topological polar surface area (TPSA) is 58.6 Å². The fourth-order valence-electron chi connectivity index (χ4n) is 3.54. The van der Waals surface area contributed by atoms with Gasteiger partial charge in [-0.3, -0.25) is 4.79 Å². The molecule has 0 radical (unpaired) electrons. The van der Waals surface area contributed by atoms with Crippen molar-refractivity contribution in [3.8, 4) is 0 Å². The summed E-state index contributed by atoms with van der Waals surface area (Å²) in [6.45, 7) is 5.98. The number of benzene rings is 1. The van der Waals surface area contributed by atoms with E-state index in [-0.39, 0.29) is 5.91 Å². The molecule has 1 fully saturated rings. The number of hydrogen-bond acceptors (Lipinski definition) is 5. The molecule has 8 heteroatoms. The van der Waals surface area contributed by atoms with Crippen molar-refractivity contribution in [2.24, 2.45) is 0 Å². The maximum Gasteiger partial charge on any atom is 0.254 e. The number of halogens is 2. The van der Waals surface area contributed by atoms with Crippen molar-refractivity contribution < 1.29 is 9.53 Å². The third-order valence-corrected chi connectivity index (χ3v) is 5.65. The molecule has 0 atom stereocenters. The molecule has 0 saturated carbocycles. The van der Waals surface area contributed by atoms with Gasteiger partial charge in [0.1, 0.15) is 11.6 Å². The number of ether oxygens (including phenoxy) is 1. The number of carbonyl (C=O) groups excluding carboxylic acids is 1. The van der Waals surface area contributed by atoms with E-state index in [1.54, 1.807) is 18.2 Å². The third kappa shape index (κ3) is 3.74. The molecule has 6 nitrogen and oxygen atoms in total. The summed E-state index contributed by atoms with van der Waals surface area (Å²) >= 11 is 12.1. The van der Waals surface area contributed by atoms with E-state index in [4.69, 9.17) is 27.9 Å². The number of rotatable bonds is 2. The van der Waals surface area contributed by atoms with Crippen LogP contribution in [0.2, 0.25) is 10.0 Å². The van der Waals surface area contributed by atoms with Crippen molar-refractivity contribution in [1.82, 2.24) is 14.9 Å². The van der Waals surface area contributed by atoms with Crippen molar-refractivity contribution >= 4 is 34.9 Å². The largest absolute Gasteiger partial charge is 0.378 e. The Morgan fingerprint density at radius 2 is 1.89 bits per heavy atom. The summed E-state index contributed by atoms with van der Waals surface area (Å²) in [7, 11) is 0. The first-order chi connectivity index (χ1) is 13.0. The second-order valence-corrected chi connectivity index (χ2v) is 7.54. The highest BCUT2D eigenvalue weighted by atomic mass is 35.5. The van der Waals surface area contributed by atoms with E-state index < -0.39 is 0 Å². The first kappa shape index (κ1) is 18.5. The van der Waals surface area contributed by atoms with Gasteiger partial charge in [0, 0.05) is 37.2 Å². The molecule has 1 saturated heterocycles. The van der Waals surface area contributed by atoms with Crippen LogP contribution < -0.4 is 4.90 Å². The number of aromatic nitrogens is 2. The number of amides is 1. The van der Waals surface area contributed by atoms with Gasteiger partial charge in [-0.05, 0) is 25.1 Å². The summed E-state index contributed by atoms with van der Waals surface area (Å²) in [5, 5.41) is 0.823. The monoisotopic (exact) mass is 406 g/mol. The molecule has 1 aromatic heterocycles. The molecule has 1 aromatic carbocycles. The van der Waals surface area contributed by atoms with Crippen LogP contribution in [0.5, 0.6) is 0 Å². The Morgan fingerprint density at radius 3 is 2.63 bits per heavy atom. The van der Waals surface area contributed by atoms with E-state index in [1.165, 1.54) is 0 Å². The molecule has 142 valence electrons. The SMILES string of the molecule is Cc1nc2c(c(N3CCOCC3)n1)CN(C(=O)c1ccc(Cl)c(Cl)c1)CC2. The number of nitrogens with zero attached hydrogens (tertiary/aromatic N) is 4. The molecule has 0 N–H and O–H groups in total. The van der Waals surface area contributed by atoms with Gasteiger partial charge in [0.05, 0.1) is 35.5 Å². The Labute approximate surface area is 168 Å². The lowest BCUT2D eigenvalue weighted by atomic mass is 10.0. The normalized spacial score (nSPS) is 17.0. The highest BCUT2D eigenvalue weighted by Crippen LogP contribution is 2.29. The van der Waals surface area contributed by atoms with Crippen LogP contribution in [0.3, 0.4) is 0 Å². The number of anilines is 1. The van der Waals surface area contributed by atoms with E-state index >= 15 is 0 Å². The van der Waals surface area contributed by atoms with Gasteiger partial charge < -0.3 is 14.5 Å². The van der Waals surface area contributed by atoms with Gasteiger partial charge in [-0.15, -0.1) is 0 Å². The van der Waals surface area contributed by atoms with Crippen LogP contribution in [0.4, 0.5) is 5.82 Å². The maximum atomic E-state index is 13.0. The summed E-state index contributed by atoms with van der Waals surface area (Å²) in [5.41, 5.74) is 2.60. The first-order valence-corrected chi connectivity index (χ1v) is 9.72. The molecular formula is C19H20Cl2N4O2. The molecule has 2 aliphatic rings. The van der Waals surface area contributed by atoms with Gasteiger partial charge in [0.25, 0.3) is 5.91 Å².